The molecule has 140 valence electrons. The van der Waals surface area contributed by atoms with Crippen molar-refractivity contribution < 1.29 is 20.1 Å². The predicted molar refractivity (Wildman–Crippen MR) is 86.9 cm³/mol. The van der Waals surface area contributed by atoms with Gasteiger partial charge in [0.05, 0.1) is 12.7 Å². The summed E-state index contributed by atoms with van der Waals surface area (Å²) in [5.41, 5.74) is 3.98. The molecule has 12 heteroatoms. The molecule has 6 N–H and O–H groups in total. The van der Waals surface area contributed by atoms with E-state index in [1.807, 2.05) is 6.07 Å². The molecule has 0 radical (unpaired) electrons. The van der Waals surface area contributed by atoms with E-state index in [0.717, 1.165) is 9.13 Å². The van der Waals surface area contributed by atoms with Crippen molar-refractivity contribution in [3.8, 4) is 6.07 Å². The van der Waals surface area contributed by atoms with Crippen LogP contribution in [0, 0.1) is 11.3 Å². The molecule has 2 aromatic rings. The molecule has 1 aliphatic heterocycles. The van der Waals surface area contributed by atoms with E-state index >= 15 is 0 Å². The van der Waals surface area contributed by atoms with Gasteiger partial charge in [0.2, 0.25) is 5.95 Å². The molecule has 3 rings (SSSR count). The van der Waals surface area contributed by atoms with Crippen molar-refractivity contribution in [1.29, 1.82) is 5.26 Å². The molecule has 4 unspecified atom stereocenters. The van der Waals surface area contributed by atoms with Gasteiger partial charge in [0.15, 0.2) is 17.4 Å². The molecule has 0 spiro atoms. The van der Waals surface area contributed by atoms with Gasteiger partial charge in [-0.05, 0) is 6.42 Å². The first kappa shape index (κ1) is 18.1. The predicted octanol–water partition coefficient (Wildman–Crippen LogP) is -2.62. The monoisotopic (exact) mass is 366 g/mol. The summed E-state index contributed by atoms with van der Waals surface area (Å²) in [5, 5.41) is 38.1. The van der Waals surface area contributed by atoms with Gasteiger partial charge in [0.25, 0.3) is 5.56 Å². The number of aryl methyl sites for hydroxylation is 1. The number of aromatic nitrogens is 4. The number of anilines is 1. The minimum atomic E-state index is -1.52. The lowest BCUT2D eigenvalue weighted by atomic mass is 10.1. The molecular formula is C14H18N6O6. The Morgan fingerprint density at radius 3 is 2.69 bits per heavy atom. The summed E-state index contributed by atoms with van der Waals surface area (Å²) in [6, 6.07) is 1.95. The van der Waals surface area contributed by atoms with Crippen LogP contribution in [-0.4, -0.2) is 59.3 Å². The van der Waals surface area contributed by atoms with Crippen LogP contribution in [-0.2, 0) is 11.3 Å². The number of aliphatic hydroxyl groups is 3. The lowest BCUT2D eigenvalue weighted by Gasteiger charge is -2.15. The quantitative estimate of drug-likeness (QED) is 0.352. The first-order chi connectivity index (χ1) is 12.4. The van der Waals surface area contributed by atoms with E-state index in [-0.39, 0.29) is 30.1 Å². The van der Waals surface area contributed by atoms with Crippen molar-refractivity contribution in [2.24, 2.45) is 0 Å². The molecule has 2 aromatic heterocycles. The standard InChI is InChI=1S/C14H18N6O6/c15-3-1-2-4-19-7-10(17-13(16)18-11(7)24)20(14(19)25)12-9(23)8(22)6(5-21)26-12/h6,8-9,12,21-23H,1-2,4-5H2,(H3,16,17,18,24). The smallest absolute Gasteiger partial charge is 0.332 e. The average molecular weight is 366 g/mol. The zero-order chi connectivity index (χ0) is 19.0. The second-order valence-electron chi connectivity index (χ2n) is 5.92. The van der Waals surface area contributed by atoms with Gasteiger partial charge >= 0.3 is 5.69 Å². The Labute approximate surface area is 145 Å². The highest BCUT2D eigenvalue weighted by Gasteiger charge is 2.45. The van der Waals surface area contributed by atoms with E-state index in [4.69, 9.17) is 15.7 Å². The molecule has 3 heterocycles. The van der Waals surface area contributed by atoms with E-state index in [2.05, 4.69) is 9.97 Å². The number of aromatic amines is 1. The second-order valence-corrected chi connectivity index (χ2v) is 5.92. The van der Waals surface area contributed by atoms with Crippen molar-refractivity contribution in [2.75, 3.05) is 12.3 Å². The van der Waals surface area contributed by atoms with Crippen LogP contribution in [0.4, 0.5) is 5.95 Å². The van der Waals surface area contributed by atoms with Crippen molar-refractivity contribution in [3.05, 3.63) is 20.8 Å². The number of hydrogen-bond acceptors (Lipinski definition) is 9. The van der Waals surface area contributed by atoms with Crippen molar-refractivity contribution in [3.63, 3.8) is 0 Å². The molecule has 12 nitrogen and oxygen atoms in total. The average Bonchev–Trinajstić information content (AvgIpc) is 3.03. The van der Waals surface area contributed by atoms with E-state index in [1.165, 1.54) is 0 Å². The summed E-state index contributed by atoms with van der Waals surface area (Å²) in [6.45, 7) is -0.500. The van der Waals surface area contributed by atoms with Gasteiger partial charge < -0.3 is 25.8 Å². The maximum atomic E-state index is 12.9. The topological polar surface area (TPSA) is 192 Å². The number of aliphatic hydroxyl groups excluding tert-OH is 3. The molecule has 1 aliphatic rings. The third-order valence-electron chi connectivity index (χ3n) is 4.27. The third-order valence-corrected chi connectivity index (χ3v) is 4.27. The fourth-order valence-corrected chi connectivity index (χ4v) is 3.05. The molecule has 0 amide bonds. The number of nitriles is 1. The zero-order valence-corrected chi connectivity index (χ0v) is 13.6. The van der Waals surface area contributed by atoms with Crippen LogP contribution >= 0.6 is 0 Å². The second kappa shape index (κ2) is 6.89. The molecule has 0 saturated carbocycles. The van der Waals surface area contributed by atoms with Crippen LogP contribution in [0.15, 0.2) is 9.59 Å². The molecule has 1 fully saturated rings. The number of hydrogen-bond donors (Lipinski definition) is 5. The first-order valence-corrected chi connectivity index (χ1v) is 7.90. The fraction of sp³-hybridized carbons (Fsp3) is 0.571. The third kappa shape index (κ3) is 2.76. The van der Waals surface area contributed by atoms with Gasteiger partial charge in [-0.25, -0.2) is 9.36 Å². The van der Waals surface area contributed by atoms with Crippen LogP contribution in [0.2, 0.25) is 0 Å². The van der Waals surface area contributed by atoms with Crippen molar-refractivity contribution in [1.82, 2.24) is 19.1 Å². The highest BCUT2D eigenvalue weighted by molar-refractivity contribution is 5.71. The Kier molecular flexibility index (Phi) is 4.79. The number of unbranched alkanes of at least 4 members (excludes halogenated alkanes) is 1. The van der Waals surface area contributed by atoms with Gasteiger partial charge in [-0.2, -0.15) is 10.2 Å². The minimum absolute atomic E-state index is 0.0688. The molecule has 0 bridgehead atoms. The van der Waals surface area contributed by atoms with Crippen LogP contribution in [0.1, 0.15) is 19.1 Å². The maximum absolute atomic E-state index is 12.9. The van der Waals surface area contributed by atoms with E-state index in [1.54, 1.807) is 0 Å². The van der Waals surface area contributed by atoms with Gasteiger partial charge in [0, 0.05) is 13.0 Å². The summed E-state index contributed by atoms with van der Waals surface area (Å²) in [5.74, 6) is -0.239. The van der Waals surface area contributed by atoms with Crippen LogP contribution < -0.4 is 17.0 Å². The molecular weight excluding hydrogens is 348 g/mol. The summed E-state index contributed by atoms with van der Waals surface area (Å²) in [7, 11) is 0. The molecule has 1 saturated heterocycles. The largest absolute Gasteiger partial charge is 0.394 e. The number of nitrogens with zero attached hydrogens (tertiary/aromatic N) is 4. The Bertz CT molecular complexity index is 971. The SMILES string of the molecule is N#CCCCn1c(=O)n(C2OC(CO)C(O)C2O)c2nc(N)[nH]c(=O)c21. The number of nitrogens with two attached hydrogens (primary N) is 1. The lowest BCUT2D eigenvalue weighted by molar-refractivity contribution is -0.0528. The van der Waals surface area contributed by atoms with E-state index in [0.29, 0.717) is 6.42 Å². The maximum Gasteiger partial charge on any atom is 0.332 e. The number of rotatable bonds is 5. The first-order valence-electron chi connectivity index (χ1n) is 7.90. The van der Waals surface area contributed by atoms with E-state index < -0.39 is 42.4 Å². The molecule has 0 aromatic carbocycles. The Morgan fingerprint density at radius 1 is 1.35 bits per heavy atom. The number of fused-ring (bicyclic) bond motifs is 1. The Morgan fingerprint density at radius 2 is 2.08 bits per heavy atom. The summed E-state index contributed by atoms with van der Waals surface area (Å²) < 4.78 is 7.43. The number of ether oxygens (including phenoxy) is 1. The van der Waals surface area contributed by atoms with Gasteiger partial charge in [-0.3, -0.25) is 14.3 Å². The Hall–Kier alpha value is -2.72. The molecule has 4 atom stereocenters. The summed E-state index contributed by atoms with van der Waals surface area (Å²) >= 11 is 0. The highest BCUT2D eigenvalue weighted by atomic mass is 16.6. The molecule has 26 heavy (non-hydrogen) atoms. The van der Waals surface area contributed by atoms with Crippen molar-refractivity contribution >= 4 is 17.1 Å². The summed E-state index contributed by atoms with van der Waals surface area (Å²) in [4.78, 5) is 31.4. The number of nitrogen functional groups attached to an aromatic ring is 1. The normalized spacial score (nSPS) is 25.6. The van der Waals surface area contributed by atoms with Crippen molar-refractivity contribution in [2.45, 2.75) is 43.9 Å². The van der Waals surface area contributed by atoms with Gasteiger partial charge in [0.1, 0.15) is 18.3 Å². The molecule has 0 aliphatic carbocycles. The van der Waals surface area contributed by atoms with E-state index in [9.17, 15) is 24.9 Å². The zero-order valence-electron chi connectivity index (χ0n) is 13.6. The number of nitrogens with one attached hydrogen (secondary N) is 1. The fourth-order valence-electron chi connectivity index (χ4n) is 3.05. The number of imidazole rings is 1. The van der Waals surface area contributed by atoms with Gasteiger partial charge in [-0.15, -0.1) is 0 Å². The Balaban J connectivity index is 2.20. The van der Waals surface area contributed by atoms with Gasteiger partial charge in [-0.1, -0.05) is 0 Å². The minimum Gasteiger partial charge on any atom is -0.394 e. The van der Waals surface area contributed by atoms with Crippen LogP contribution in [0.5, 0.6) is 0 Å². The van der Waals surface area contributed by atoms with Crippen LogP contribution in [0.25, 0.3) is 11.2 Å². The lowest BCUT2D eigenvalue weighted by Crippen LogP contribution is -2.36. The highest BCUT2D eigenvalue weighted by Crippen LogP contribution is 2.30. The summed E-state index contributed by atoms with van der Waals surface area (Å²) in [6.07, 6.45) is -4.91. The number of H-pyrrole nitrogens is 1. The van der Waals surface area contributed by atoms with Crippen LogP contribution in [0.3, 0.4) is 0 Å².